The second kappa shape index (κ2) is 8.55. The summed E-state index contributed by atoms with van der Waals surface area (Å²) >= 11 is 0. The molecule has 27 heavy (non-hydrogen) atoms. The quantitative estimate of drug-likeness (QED) is 0.653. The molecule has 1 aliphatic heterocycles. The standard InChI is InChI=1S/C20H23N3O4/c1-3-26-19(24)17-15(12-21-13(2)14-8-5-4-6-9-14)22-20(25)23-18(17)16-10-7-11-27-16/h4-11,13,18,21H,3,12H2,1-2H3,(H2,22,23,25)/t13-,18-/m0/s1. The molecule has 0 unspecified atom stereocenters. The molecule has 2 amide bonds. The van der Waals surface area contributed by atoms with Crippen molar-refractivity contribution in [2.45, 2.75) is 25.9 Å². The van der Waals surface area contributed by atoms with E-state index in [1.807, 2.05) is 37.3 Å². The van der Waals surface area contributed by atoms with Gasteiger partial charge in [0.2, 0.25) is 0 Å². The van der Waals surface area contributed by atoms with E-state index in [9.17, 15) is 9.59 Å². The van der Waals surface area contributed by atoms with Crippen LogP contribution in [0.1, 0.15) is 37.3 Å². The van der Waals surface area contributed by atoms with Gasteiger partial charge in [-0.25, -0.2) is 9.59 Å². The number of amides is 2. The third kappa shape index (κ3) is 4.38. The molecule has 3 rings (SSSR count). The van der Waals surface area contributed by atoms with E-state index in [4.69, 9.17) is 9.15 Å². The number of hydrogen-bond donors (Lipinski definition) is 3. The minimum absolute atomic E-state index is 0.0380. The SMILES string of the molecule is CCOC(=O)C1=C(CN[C@@H](C)c2ccccc2)NC(=O)N[C@H]1c1ccco1. The van der Waals surface area contributed by atoms with Crippen LogP contribution in [0.5, 0.6) is 0 Å². The highest BCUT2D eigenvalue weighted by Gasteiger charge is 2.35. The Morgan fingerprint density at radius 1 is 1.26 bits per heavy atom. The molecular formula is C20H23N3O4. The third-order valence-corrected chi connectivity index (χ3v) is 4.36. The number of hydrogen-bond acceptors (Lipinski definition) is 5. The van der Waals surface area contributed by atoms with Gasteiger partial charge in [-0.2, -0.15) is 0 Å². The number of carbonyl (C=O) groups is 2. The second-order valence-electron chi connectivity index (χ2n) is 6.17. The summed E-state index contributed by atoms with van der Waals surface area (Å²) in [6, 6.07) is 12.3. The number of furan rings is 1. The normalized spacial score (nSPS) is 17.9. The van der Waals surface area contributed by atoms with E-state index >= 15 is 0 Å². The molecule has 0 aliphatic carbocycles. The van der Waals surface area contributed by atoms with Crippen molar-refractivity contribution in [2.75, 3.05) is 13.2 Å². The van der Waals surface area contributed by atoms with E-state index in [1.165, 1.54) is 6.26 Å². The van der Waals surface area contributed by atoms with Crippen molar-refractivity contribution in [2.24, 2.45) is 0 Å². The lowest BCUT2D eigenvalue weighted by molar-refractivity contribution is -0.139. The molecule has 1 aromatic carbocycles. The summed E-state index contributed by atoms with van der Waals surface area (Å²) in [5.74, 6) is -0.0166. The fourth-order valence-corrected chi connectivity index (χ4v) is 2.99. The zero-order valence-electron chi connectivity index (χ0n) is 15.3. The molecule has 0 radical (unpaired) electrons. The van der Waals surface area contributed by atoms with E-state index in [0.717, 1.165) is 5.56 Å². The van der Waals surface area contributed by atoms with E-state index in [1.54, 1.807) is 19.1 Å². The summed E-state index contributed by atoms with van der Waals surface area (Å²) in [6.07, 6.45) is 1.50. The minimum atomic E-state index is -0.698. The van der Waals surface area contributed by atoms with Crippen LogP contribution in [0.4, 0.5) is 4.79 Å². The maximum absolute atomic E-state index is 12.6. The summed E-state index contributed by atoms with van der Waals surface area (Å²) in [5.41, 5.74) is 1.92. The molecular weight excluding hydrogens is 346 g/mol. The summed E-state index contributed by atoms with van der Waals surface area (Å²) < 4.78 is 10.6. The van der Waals surface area contributed by atoms with Gasteiger partial charge < -0.3 is 25.1 Å². The van der Waals surface area contributed by atoms with Gasteiger partial charge in [0.15, 0.2) is 0 Å². The average Bonchev–Trinajstić information content (AvgIpc) is 3.21. The molecule has 3 N–H and O–H groups in total. The first kappa shape index (κ1) is 18.7. The van der Waals surface area contributed by atoms with Gasteiger partial charge in [0.05, 0.1) is 18.4 Å². The summed E-state index contributed by atoms with van der Waals surface area (Å²) in [7, 11) is 0. The van der Waals surface area contributed by atoms with Crippen LogP contribution >= 0.6 is 0 Å². The highest BCUT2D eigenvalue weighted by molar-refractivity contribution is 5.95. The van der Waals surface area contributed by atoms with Gasteiger partial charge >= 0.3 is 12.0 Å². The molecule has 0 saturated carbocycles. The van der Waals surface area contributed by atoms with Gasteiger partial charge in [-0.3, -0.25) is 0 Å². The van der Waals surface area contributed by atoms with E-state index in [-0.39, 0.29) is 12.6 Å². The number of nitrogens with one attached hydrogen (secondary N) is 3. The maximum Gasteiger partial charge on any atom is 0.338 e. The Bertz CT molecular complexity index is 815. The fraction of sp³-hybridized carbons (Fsp3) is 0.300. The van der Waals surface area contributed by atoms with Crippen molar-refractivity contribution in [3.63, 3.8) is 0 Å². The minimum Gasteiger partial charge on any atom is -0.467 e. The Balaban J connectivity index is 1.87. The summed E-state index contributed by atoms with van der Waals surface area (Å²) in [5, 5.41) is 8.80. The van der Waals surface area contributed by atoms with Crippen LogP contribution < -0.4 is 16.0 Å². The first-order chi connectivity index (χ1) is 13.1. The highest BCUT2D eigenvalue weighted by Crippen LogP contribution is 2.28. The van der Waals surface area contributed by atoms with Crippen LogP contribution in [0, 0.1) is 0 Å². The van der Waals surface area contributed by atoms with Crippen LogP contribution in [0.2, 0.25) is 0 Å². The van der Waals surface area contributed by atoms with Crippen molar-refractivity contribution in [3.8, 4) is 0 Å². The molecule has 2 heterocycles. The summed E-state index contributed by atoms with van der Waals surface area (Å²) in [4.78, 5) is 24.7. The fourth-order valence-electron chi connectivity index (χ4n) is 2.99. The van der Waals surface area contributed by atoms with Crippen molar-refractivity contribution < 1.29 is 18.7 Å². The molecule has 0 bridgehead atoms. The average molecular weight is 369 g/mol. The Morgan fingerprint density at radius 2 is 2.04 bits per heavy atom. The van der Waals surface area contributed by atoms with Crippen LogP contribution in [-0.2, 0) is 9.53 Å². The van der Waals surface area contributed by atoms with E-state index in [0.29, 0.717) is 23.6 Å². The Labute approximate surface area is 157 Å². The van der Waals surface area contributed by atoms with E-state index < -0.39 is 18.0 Å². The molecule has 142 valence electrons. The lowest BCUT2D eigenvalue weighted by atomic mass is 9.99. The largest absolute Gasteiger partial charge is 0.467 e. The molecule has 2 aromatic rings. The monoisotopic (exact) mass is 369 g/mol. The first-order valence-corrected chi connectivity index (χ1v) is 8.89. The van der Waals surface area contributed by atoms with Gasteiger partial charge in [0, 0.05) is 18.3 Å². The lowest BCUT2D eigenvalue weighted by Gasteiger charge is -2.28. The number of carbonyl (C=O) groups excluding carboxylic acids is 2. The number of ether oxygens (including phenoxy) is 1. The molecule has 2 atom stereocenters. The van der Waals surface area contributed by atoms with Gasteiger partial charge in [0.1, 0.15) is 11.8 Å². The molecule has 0 spiro atoms. The smallest absolute Gasteiger partial charge is 0.338 e. The van der Waals surface area contributed by atoms with Gasteiger partial charge in [0.25, 0.3) is 0 Å². The van der Waals surface area contributed by atoms with E-state index in [2.05, 4.69) is 16.0 Å². The Morgan fingerprint density at radius 3 is 2.70 bits per heavy atom. The second-order valence-corrected chi connectivity index (χ2v) is 6.17. The van der Waals surface area contributed by atoms with Crippen molar-refractivity contribution in [1.82, 2.24) is 16.0 Å². The van der Waals surface area contributed by atoms with Gasteiger partial charge in [-0.05, 0) is 31.5 Å². The predicted molar refractivity (Wildman–Crippen MR) is 99.6 cm³/mol. The van der Waals surface area contributed by atoms with Crippen LogP contribution in [0.25, 0.3) is 0 Å². The van der Waals surface area contributed by atoms with Crippen molar-refractivity contribution in [3.05, 3.63) is 71.3 Å². The lowest BCUT2D eigenvalue weighted by Crippen LogP contribution is -2.48. The van der Waals surface area contributed by atoms with Crippen LogP contribution in [0.3, 0.4) is 0 Å². The first-order valence-electron chi connectivity index (χ1n) is 8.89. The maximum atomic E-state index is 12.6. The number of rotatable bonds is 7. The van der Waals surface area contributed by atoms with Gasteiger partial charge in [-0.15, -0.1) is 0 Å². The topological polar surface area (TPSA) is 92.6 Å². The van der Waals surface area contributed by atoms with Crippen molar-refractivity contribution in [1.29, 1.82) is 0 Å². The predicted octanol–water partition coefficient (Wildman–Crippen LogP) is 2.80. The molecule has 1 aliphatic rings. The third-order valence-electron chi connectivity index (χ3n) is 4.36. The van der Waals surface area contributed by atoms with Crippen LogP contribution in [0.15, 0.2) is 64.4 Å². The summed E-state index contributed by atoms with van der Waals surface area (Å²) in [6.45, 7) is 4.30. The van der Waals surface area contributed by atoms with Crippen LogP contribution in [-0.4, -0.2) is 25.2 Å². The molecule has 0 saturated heterocycles. The molecule has 0 fully saturated rings. The zero-order chi connectivity index (χ0) is 19.2. The number of benzene rings is 1. The molecule has 7 heteroatoms. The van der Waals surface area contributed by atoms with Crippen molar-refractivity contribution >= 4 is 12.0 Å². The number of esters is 1. The highest BCUT2D eigenvalue weighted by atomic mass is 16.5. The molecule has 1 aromatic heterocycles. The Hall–Kier alpha value is -3.06. The zero-order valence-corrected chi connectivity index (χ0v) is 15.3. The number of urea groups is 1. The van der Waals surface area contributed by atoms with Gasteiger partial charge in [-0.1, -0.05) is 30.3 Å². The molecule has 7 nitrogen and oxygen atoms in total. The Kier molecular flexibility index (Phi) is 5.93.